The third-order valence-electron chi connectivity index (χ3n) is 2.92. The van der Waals surface area contributed by atoms with Crippen LogP contribution in [0.15, 0.2) is 12.1 Å². The Morgan fingerprint density at radius 3 is 2.81 bits per heavy atom. The maximum absolute atomic E-state index is 12.0. The highest BCUT2D eigenvalue weighted by Crippen LogP contribution is 2.40. The summed E-state index contributed by atoms with van der Waals surface area (Å²) in [5.74, 6) is 0.906. The van der Waals surface area contributed by atoms with Crippen molar-refractivity contribution in [3.63, 3.8) is 0 Å². The average molecular weight is 313 g/mol. The molecule has 1 amide bonds. The summed E-state index contributed by atoms with van der Waals surface area (Å²) in [6.45, 7) is -0.00285. The number of carbonyl (C=O) groups is 1. The van der Waals surface area contributed by atoms with Crippen LogP contribution in [0.1, 0.15) is 6.42 Å². The molecule has 9 heteroatoms. The van der Waals surface area contributed by atoms with Gasteiger partial charge in [-0.15, -0.1) is 0 Å². The lowest BCUT2D eigenvalue weighted by Gasteiger charge is -2.12. The molecule has 1 aliphatic heterocycles. The molecule has 114 valence electrons. The van der Waals surface area contributed by atoms with Gasteiger partial charge in [-0.3, -0.25) is 14.9 Å². The Hall–Kier alpha value is -2.00. The van der Waals surface area contributed by atoms with Gasteiger partial charge in [0.2, 0.25) is 12.7 Å². The molecule has 2 rings (SSSR count). The summed E-state index contributed by atoms with van der Waals surface area (Å²) in [5.41, 5.74) is 5.53. The monoisotopic (exact) mass is 313 g/mol. The van der Waals surface area contributed by atoms with Gasteiger partial charge in [0.25, 0.3) is 5.69 Å². The fraction of sp³-hybridized carbons (Fsp3) is 0.417. The average Bonchev–Trinajstić information content (AvgIpc) is 2.90. The van der Waals surface area contributed by atoms with E-state index in [-0.39, 0.29) is 23.9 Å². The predicted molar refractivity (Wildman–Crippen MR) is 78.8 cm³/mol. The summed E-state index contributed by atoms with van der Waals surface area (Å²) in [4.78, 5) is 22.4. The summed E-state index contributed by atoms with van der Waals surface area (Å²) >= 11 is 1.57. The lowest BCUT2D eigenvalue weighted by atomic mass is 10.2. The molecule has 3 N–H and O–H groups in total. The number of amides is 1. The van der Waals surface area contributed by atoms with Crippen LogP contribution in [0.5, 0.6) is 11.5 Å². The van der Waals surface area contributed by atoms with Crippen LogP contribution in [0.4, 0.5) is 11.4 Å². The molecule has 0 fully saturated rings. The van der Waals surface area contributed by atoms with E-state index in [1.54, 1.807) is 11.8 Å². The fourth-order valence-corrected chi connectivity index (χ4v) is 2.27. The molecule has 1 aliphatic rings. The normalized spacial score (nSPS) is 13.8. The second kappa shape index (κ2) is 6.64. The number of anilines is 1. The van der Waals surface area contributed by atoms with Crippen LogP contribution in [-0.2, 0) is 4.79 Å². The van der Waals surface area contributed by atoms with E-state index in [0.717, 1.165) is 5.75 Å². The summed E-state index contributed by atoms with van der Waals surface area (Å²) < 4.78 is 10.2. The smallest absolute Gasteiger partial charge is 0.296 e. The van der Waals surface area contributed by atoms with Crippen LogP contribution in [0.25, 0.3) is 0 Å². The van der Waals surface area contributed by atoms with Crippen molar-refractivity contribution < 1.29 is 19.2 Å². The van der Waals surface area contributed by atoms with E-state index in [0.29, 0.717) is 12.2 Å². The van der Waals surface area contributed by atoms with Crippen LogP contribution in [0.3, 0.4) is 0 Å². The number of ether oxygens (including phenoxy) is 2. The van der Waals surface area contributed by atoms with E-state index in [2.05, 4.69) is 5.32 Å². The molecule has 21 heavy (non-hydrogen) atoms. The van der Waals surface area contributed by atoms with Crippen molar-refractivity contribution >= 4 is 29.0 Å². The largest absolute Gasteiger partial charge is 0.454 e. The van der Waals surface area contributed by atoms with Crippen molar-refractivity contribution in [2.75, 3.05) is 24.1 Å². The SMILES string of the molecule is CSCC[C@@H](N)C(=O)Nc1cc2c(cc1[N+](=O)[O-])OCO2. The van der Waals surface area contributed by atoms with Gasteiger partial charge in [-0.25, -0.2) is 0 Å². The van der Waals surface area contributed by atoms with Gasteiger partial charge in [-0.1, -0.05) is 0 Å². The Morgan fingerprint density at radius 1 is 1.52 bits per heavy atom. The van der Waals surface area contributed by atoms with E-state index >= 15 is 0 Å². The first kappa shape index (κ1) is 15.4. The zero-order valence-corrected chi connectivity index (χ0v) is 12.1. The van der Waals surface area contributed by atoms with Crippen molar-refractivity contribution in [1.29, 1.82) is 0 Å². The molecular formula is C12H15N3O5S. The van der Waals surface area contributed by atoms with Gasteiger partial charge in [0.1, 0.15) is 5.69 Å². The minimum Gasteiger partial charge on any atom is -0.454 e. The number of thioether (sulfide) groups is 1. The number of nitro benzene ring substituents is 1. The first-order chi connectivity index (χ1) is 10.0. The van der Waals surface area contributed by atoms with E-state index < -0.39 is 16.9 Å². The summed E-state index contributed by atoms with van der Waals surface area (Å²) in [5, 5.41) is 13.5. The maximum atomic E-state index is 12.0. The number of carbonyl (C=O) groups excluding carboxylic acids is 1. The molecule has 0 unspecified atom stereocenters. The van der Waals surface area contributed by atoms with Crippen LogP contribution in [-0.4, -0.2) is 35.7 Å². The quantitative estimate of drug-likeness (QED) is 0.601. The number of nitro groups is 1. The predicted octanol–water partition coefficient (Wildman–Crippen LogP) is 1.34. The zero-order valence-electron chi connectivity index (χ0n) is 11.3. The second-order valence-electron chi connectivity index (χ2n) is 4.36. The topological polar surface area (TPSA) is 117 Å². The molecular weight excluding hydrogens is 298 g/mol. The zero-order chi connectivity index (χ0) is 15.4. The van der Waals surface area contributed by atoms with E-state index in [1.165, 1.54) is 12.1 Å². The van der Waals surface area contributed by atoms with Gasteiger partial charge in [0.15, 0.2) is 11.5 Å². The maximum Gasteiger partial charge on any atom is 0.296 e. The van der Waals surface area contributed by atoms with Gasteiger partial charge in [0.05, 0.1) is 17.0 Å². The number of nitrogens with one attached hydrogen (secondary N) is 1. The molecule has 0 bridgehead atoms. The van der Waals surface area contributed by atoms with Crippen molar-refractivity contribution in [1.82, 2.24) is 0 Å². The lowest BCUT2D eigenvalue weighted by Crippen LogP contribution is -2.36. The Balaban J connectivity index is 2.19. The van der Waals surface area contributed by atoms with E-state index in [4.69, 9.17) is 15.2 Å². The molecule has 0 aromatic heterocycles. The Kier molecular flexibility index (Phi) is 4.86. The molecule has 1 heterocycles. The first-order valence-corrected chi connectivity index (χ1v) is 7.55. The minimum absolute atomic E-state index is 0.00285. The molecule has 0 saturated carbocycles. The molecule has 1 atom stereocenters. The minimum atomic E-state index is -0.720. The third-order valence-corrected chi connectivity index (χ3v) is 3.56. The molecule has 8 nitrogen and oxygen atoms in total. The Morgan fingerprint density at radius 2 is 2.19 bits per heavy atom. The number of fused-ring (bicyclic) bond motifs is 1. The molecule has 0 saturated heterocycles. The number of benzene rings is 1. The number of hydrogen-bond acceptors (Lipinski definition) is 7. The fourth-order valence-electron chi connectivity index (χ4n) is 1.78. The number of hydrogen-bond donors (Lipinski definition) is 2. The Bertz CT molecular complexity index is 566. The molecule has 0 aliphatic carbocycles. The molecule has 1 aromatic rings. The first-order valence-electron chi connectivity index (χ1n) is 6.16. The molecule has 1 aromatic carbocycles. The summed E-state index contributed by atoms with van der Waals surface area (Å²) in [7, 11) is 0. The highest BCUT2D eigenvalue weighted by atomic mass is 32.2. The summed E-state index contributed by atoms with van der Waals surface area (Å²) in [6.07, 6.45) is 2.40. The second-order valence-corrected chi connectivity index (χ2v) is 5.34. The van der Waals surface area contributed by atoms with Gasteiger partial charge < -0.3 is 20.5 Å². The summed E-state index contributed by atoms with van der Waals surface area (Å²) in [6, 6.07) is 1.88. The van der Waals surface area contributed by atoms with Gasteiger partial charge in [-0.05, 0) is 18.4 Å². The highest BCUT2D eigenvalue weighted by Gasteiger charge is 2.25. The van der Waals surface area contributed by atoms with Crippen LogP contribution < -0.4 is 20.5 Å². The van der Waals surface area contributed by atoms with Gasteiger partial charge in [-0.2, -0.15) is 11.8 Å². The van der Waals surface area contributed by atoms with Crippen molar-refractivity contribution in [3.05, 3.63) is 22.2 Å². The standard InChI is InChI=1S/C12H15N3O5S/c1-21-3-2-7(13)12(16)14-8-4-10-11(20-6-19-10)5-9(8)15(17)18/h4-5,7H,2-3,6,13H2,1H3,(H,14,16)/t7-/m1/s1. The lowest BCUT2D eigenvalue weighted by molar-refractivity contribution is -0.384. The van der Waals surface area contributed by atoms with E-state index in [1.807, 2.05) is 6.26 Å². The Labute approximate surface area is 125 Å². The number of nitrogens with zero attached hydrogens (tertiary/aromatic N) is 1. The van der Waals surface area contributed by atoms with Gasteiger partial charge in [0, 0.05) is 6.07 Å². The van der Waals surface area contributed by atoms with Gasteiger partial charge >= 0.3 is 0 Å². The van der Waals surface area contributed by atoms with Crippen LogP contribution in [0.2, 0.25) is 0 Å². The van der Waals surface area contributed by atoms with Crippen molar-refractivity contribution in [2.45, 2.75) is 12.5 Å². The third kappa shape index (κ3) is 3.56. The molecule has 0 spiro atoms. The number of rotatable bonds is 6. The van der Waals surface area contributed by atoms with Crippen molar-refractivity contribution in [3.8, 4) is 11.5 Å². The van der Waals surface area contributed by atoms with Crippen molar-refractivity contribution in [2.24, 2.45) is 5.73 Å². The highest BCUT2D eigenvalue weighted by molar-refractivity contribution is 7.98. The molecule has 0 radical (unpaired) electrons. The van der Waals surface area contributed by atoms with Crippen LogP contribution in [0, 0.1) is 10.1 Å². The van der Waals surface area contributed by atoms with Crippen LogP contribution >= 0.6 is 11.8 Å². The number of nitrogens with two attached hydrogens (primary N) is 1. The van der Waals surface area contributed by atoms with E-state index in [9.17, 15) is 14.9 Å².